The van der Waals surface area contributed by atoms with Crippen LogP contribution in [0.2, 0.25) is 0 Å². The normalized spacial score (nSPS) is 11.9. The van der Waals surface area contributed by atoms with E-state index in [0.29, 0.717) is 6.42 Å². The second kappa shape index (κ2) is 6.79. The van der Waals surface area contributed by atoms with Crippen molar-refractivity contribution < 1.29 is 14.1 Å². The molecule has 7 heteroatoms. The molecule has 6 nitrogen and oxygen atoms in total. The zero-order chi connectivity index (χ0) is 14.4. The Balaban J connectivity index is 2.70. The van der Waals surface area contributed by atoms with Gasteiger partial charge in [-0.1, -0.05) is 19.8 Å². The molecule has 0 fully saturated rings. The van der Waals surface area contributed by atoms with Crippen molar-refractivity contribution in [3.05, 3.63) is 34.1 Å². The molecule has 0 aliphatic rings. The van der Waals surface area contributed by atoms with Gasteiger partial charge in [-0.2, -0.15) is 4.39 Å². The summed E-state index contributed by atoms with van der Waals surface area (Å²) in [4.78, 5) is 21.3. The first kappa shape index (κ1) is 15.0. The molecule has 0 aliphatic heterocycles. The first-order valence-electron chi connectivity index (χ1n) is 5.96. The van der Waals surface area contributed by atoms with E-state index < -0.39 is 28.4 Å². The maximum Gasteiger partial charge on any atom is 0.304 e. The van der Waals surface area contributed by atoms with Gasteiger partial charge in [-0.3, -0.25) is 14.9 Å². The van der Waals surface area contributed by atoms with Crippen LogP contribution >= 0.6 is 0 Å². The minimum absolute atomic E-state index is 0.153. The van der Waals surface area contributed by atoms with Gasteiger partial charge in [-0.15, -0.1) is 0 Å². The standard InChI is InChI=1S/C12H16FN3O3/c1-2-3-4-10(14)12(17)15-8-5-6-11(16(18)19)9(13)7-8/h5-7,10H,2-4,14H2,1H3,(H,15,17)/t10-/m0/s1. The number of halogens is 1. The van der Waals surface area contributed by atoms with Crippen LogP contribution in [0.1, 0.15) is 26.2 Å². The second-order valence-electron chi connectivity index (χ2n) is 4.16. The van der Waals surface area contributed by atoms with Crippen molar-refractivity contribution in [3.63, 3.8) is 0 Å². The van der Waals surface area contributed by atoms with Crippen molar-refractivity contribution in [1.82, 2.24) is 0 Å². The van der Waals surface area contributed by atoms with Crippen LogP contribution in [0.5, 0.6) is 0 Å². The lowest BCUT2D eigenvalue weighted by Crippen LogP contribution is -2.35. The summed E-state index contributed by atoms with van der Waals surface area (Å²) in [6.45, 7) is 1.98. The third-order valence-corrected chi connectivity index (χ3v) is 2.62. The summed E-state index contributed by atoms with van der Waals surface area (Å²) in [5.74, 6) is -1.42. The molecule has 0 saturated carbocycles. The Morgan fingerprint density at radius 3 is 2.79 bits per heavy atom. The van der Waals surface area contributed by atoms with E-state index in [2.05, 4.69) is 5.32 Å². The number of nitrogens with two attached hydrogens (primary N) is 1. The van der Waals surface area contributed by atoms with Gasteiger partial charge in [-0.25, -0.2) is 0 Å². The predicted octanol–water partition coefficient (Wildman–Crippen LogP) is 2.19. The van der Waals surface area contributed by atoms with Gasteiger partial charge >= 0.3 is 5.69 Å². The molecule has 0 unspecified atom stereocenters. The molecule has 0 radical (unpaired) electrons. The minimum Gasteiger partial charge on any atom is -0.325 e. The van der Waals surface area contributed by atoms with Crippen LogP contribution in [0.15, 0.2) is 18.2 Å². The molecular weight excluding hydrogens is 253 g/mol. The first-order valence-corrected chi connectivity index (χ1v) is 5.96. The molecule has 1 aromatic rings. The van der Waals surface area contributed by atoms with Crippen molar-refractivity contribution in [1.29, 1.82) is 0 Å². The number of benzene rings is 1. The second-order valence-corrected chi connectivity index (χ2v) is 4.16. The van der Waals surface area contributed by atoms with Gasteiger partial charge in [0, 0.05) is 17.8 Å². The number of carbonyl (C=O) groups excluding carboxylic acids is 1. The molecule has 1 rings (SSSR count). The predicted molar refractivity (Wildman–Crippen MR) is 69.2 cm³/mol. The monoisotopic (exact) mass is 269 g/mol. The topological polar surface area (TPSA) is 98.3 Å². The molecule has 3 N–H and O–H groups in total. The van der Waals surface area contributed by atoms with Gasteiger partial charge in [-0.05, 0) is 12.5 Å². The summed E-state index contributed by atoms with van der Waals surface area (Å²) in [7, 11) is 0. The molecule has 19 heavy (non-hydrogen) atoms. The van der Waals surface area contributed by atoms with Crippen molar-refractivity contribution >= 4 is 17.3 Å². The molecule has 0 heterocycles. The van der Waals surface area contributed by atoms with Crippen molar-refractivity contribution in [3.8, 4) is 0 Å². The van der Waals surface area contributed by atoms with E-state index in [-0.39, 0.29) is 5.69 Å². The van der Waals surface area contributed by atoms with Crippen LogP contribution in [0.25, 0.3) is 0 Å². The van der Waals surface area contributed by atoms with E-state index in [1.165, 1.54) is 6.07 Å². The third-order valence-electron chi connectivity index (χ3n) is 2.62. The van der Waals surface area contributed by atoms with Crippen molar-refractivity contribution in [2.24, 2.45) is 5.73 Å². The SMILES string of the molecule is CCCC[C@H](N)C(=O)Nc1ccc([N+](=O)[O-])c(F)c1. The average molecular weight is 269 g/mol. The number of rotatable bonds is 6. The summed E-state index contributed by atoms with van der Waals surface area (Å²) in [6.07, 6.45) is 2.29. The fourth-order valence-electron chi connectivity index (χ4n) is 1.52. The Labute approximate surface area is 109 Å². The van der Waals surface area contributed by atoms with Gasteiger partial charge in [0.15, 0.2) is 0 Å². The molecule has 104 valence electrons. The summed E-state index contributed by atoms with van der Waals surface area (Å²) >= 11 is 0. The highest BCUT2D eigenvalue weighted by molar-refractivity contribution is 5.94. The Morgan fingerprint density at radius 1 is 1.58 bits per heavy atom. The highest BCUT2D eigenvalue weighted by Gasteiger charge is 2.17. The molecule has 0 saturated heterocycles. The van der Waals surface area contributed by atoms with Gasteiger partial charge in [0.25, 0.3) is 0 Å². The maximum atomic E-state index is 13.3. The number of carbonyl (C=O) groups is 1. The zero-order valence-electron chi connectivity index (χ0n) is 10.6. The number of hydrogen-bond acceptors (Lipinski definition) is 4. The number of hydrogen-bond donors (Lipinski definition) is 2. The summed E-state index contributed by atoms with van der Waals surface area (Å²) in [5, 5.41) is 12.9. The maximum absolute atomic E-state index is 13.3. The van der Waals surface area contributed by atoms with Crippen LogP contribution in [-0.4, -0.2) is 16.9 Å². The highest BCUT2D eigenvalue weighted by Crippen LogP contribution is 2.20. The third kappa shape index (κ3) is 4.29. The molecule has 0 aliphatic carbocycles. The van der Waals surface area contributed by atoms with Crippen molar-refractivity contribution in [2.45, 2.75) is 32.2 Å². The van der Waals surface area contributed by atoms with Gasteiger partial charge < -0.3 is 11.1 Å². The lowest BCUT2D eigenvalue weighted by Gasteiger charge is -2.11. The van der Waals surface area contributed by atoms with Gasteiger partial charge in [0.1, 0.15) is 0 Å². The Kier molecular flexibility index (Phi) is 5.37. The van der Waals surface area contributed by atoms with Crippen molar-refractivity contribution in [2.75, 3.05) is 5.32 Å². The van der Waals surface area contributed by atoms with E-state index in [9.17, 15) is 19.3 Å². The molecule has 1 aromatic carbocycles. The van der Waals surface area contributed by atoms with E-state index in [4.69, 9.17) is 5.73 Å². The van der Waals surface area contributed by atoms with Gasteiger partial charge in [0.05, 0.1) is 11.0 Å². The smallest absolute Gasteiger partial charge is 0.304 e. The van der Waals surface area contributed by atoms with E-state index >= 15 is 0 Å². The molecule has 1 atom stereocenters. The zero-order valence-corrected chi connectivity index (χ0v) is 10.6. The first-order chi connectivity index (χ1) is 8.95. The summed E-state index contributed by atoms with van der Waals surface area (Å²) in [6, 6.07) is 2.51. The number of nitrogens with one attached hydrogen (secondary N) is 1. The fraction of sp³-hybridized carbons (Fsp3) is 0.417. The Bertz CT molecular complexity index is 479. The lowest BCUT2D eigenvalue weighted by atomic mass is 10.1. The lowest BCUT2D eigenvalue weighted by molar-refractivity contribution is -0.387. The molecule has 0 bridgehead atoms. The number of anilines is 1. The largest absolute Gasteiger partial charge is 0.325 e. The Hall–Kier alpha value is -2.02. The molecular formula is C12H16FN3O3. The molecule has 0 spiro atoms. The summed E-state index contributed by atoms with van der Waals surface area (Å²) < 4.78 is 13.3. The van der Waals surface area contributed by atoms with Crippen LogP contribution in [0.4, 0.5) is 15.8 Å². The van der Waals surface area contributed by atoms with E-state index in [1.54, 1.807) is 0 Å². The number of nitro benzene ring substituents is 1. The average Bonchev–Trinajstić information content (AvgIpc) is 2.35. The van der Waals surface area contributed by atoms with E-state index in [0.717, 1.165) is 25.0 Å². The molecule has 0 aromatic heterocycles. The Morgan fingerprint density at radius 2 is 2.26 bits per heavy atom. The number of nitrogens with zero attached hydrogens (tertiary/aromatic N) is 1. The quantitative estimate of drug-likeness (QED) is 0.610. The minimum atomic E-state index is -0.995. The van der Waals surface area contributed by atoms with Crippen LogP contribution in [-0.2, 0) is 4.79 Å². The number of amides is 1. The summed E-state index contributed by atoms with van der Waals surface area (Å²) in [5.41, 5.74) is 5.17. The molecule has 1 amide bonds. The number of nitro groups is 1. The van der Waals surface area contributed by atoms with Crippen LogP contribution in [0.3, 0.4) is 0 Å². The highest BCUT2D eigenvalue weighted by atomic mass is 19.1. The van der Waals surface area contributed by atoms with Crippen LogP contribution < -0.4 is 11.1 Å². The fourth-order valence-corrected chi connectivity index (χ4v) is 1.52. The van der Waals surface area contributed by atoms with Gasteiger partial charge in [0.2, 0.25) is 11.7 Å². The van der Waals surface area contributed by atoms with E-state index in [1.807, 2.05) is 6.92 Å². The van der Waals surface area contributed by atoms with Crippen LogP contribution in [0, 0.1) is 15.9 Å². The number of unbranched alkanes of at least 4 members (excludes halogenated alkanes) is 1.